The summed E-state index contributed by atoms with van der Waals surface area (Å²) in [4.78, 5) is 14.5. The van der Waals surface area contributed by atoms with E-state index >= 15 is 0 Å². The van der Waals surface area contributed by atoms with Crippen LogP contribution in [0.1, 0.15) is 42.9 Å². The number of fused-ring (bicyclic) bond motifs is 1. The molecular weight excluding hydrogens is 319 g/mol. The molecule has 4 rings (SSSR count). The molecule has 1 aliphatic heterocycles. The molecule has 1 unspecified atom stereocenters. The molecule has 1 amide bonds. The first-order valence-electron chi connectivity index (χ1n) is 8.52. The summed E-state index contributed by atoms with van der Waals surface area (Å²) in [6, 6.07) is 4.64. The van der Waals surface area contributed by atoms with Crippen molar-refractivity contribution in [2.24, 2.45) is 17.8 Å². The highest BCUT2D eigenvalue weighted by Gasteiger charge is 2.58. The van der Waals surface area contributed by atoms with Gasteiger partial charge in [-0.15, -0.1) is 0 Å². The van der Waals surface area contributed by atoms with E-state index in [9.17, 15) is 23.1 Å². The van der Waals surface area contributed by atoms with Crippen LogP contribution in [0.4, 0.5) is 13.2 Å². The quantitative estimate of drug-likeness (QED) is 0.897. The molecule has 1 heterocycles. The number of halogens is 3. The smallest absolute Gasteiger partial charge is 0.391 e. The SMILES string of the molecule is O=C(C1[C@H]2CCC[C@@H]12)N1C[C@@H](O)C[C@@H]1c1ccc(C(F)(F)F)cc1. The minimum atomic E-state index is -4.37. The summed E-state index contributed by atoms with van der Waals surface area (Å²) in [5, 5.41) is 10.00. The number of amides is 1. The first-order chi connectivity index (χ1) is 11.4. The molecule has 2 saturated carbocycles. The third kappa shape index (κ3) is 2.61. The van der Waals surface area contributed by atoms with Gasteiger partial charge in [0.05, 0.1) is 17.7 Å². The van der Waals surface area contributed by atoms with Crippen LogP contribution in [0.3, 0.4) is 0 Å². The van der Waals surface area contributed by atoms with Gasteiger partial charge >= 0.3 is 6.18 Å². The fourth-order valence-corrected chi connectivity index (χ4v) is 4.65. The van der Waals surface area contributed by atoms with E-state index in [0.29, 0.717) is 23.8 Å². The van der Waals surface area contributed by atoms with E-state index in [1.165, 1.54) is 18.6 Å². The number of hydrogen-bond acceptors (Lipinski definition) is 2. The van der Waals surface area contributed by atoms with Gasteiger partial charge in [0, 0.05) is 12.5 Å². The number of carbonyl (C=O) groups excluding carboxylic acids is 1. The number of rotatable bonds is 2. The Hall–Kier alpha value is -1.56. The number of likely N-dealkylation sites (tertiary alicyclic amines) is 1. The van der Waals surface area contributed by atoms with Crippen LogP contribution in [0.15, 0.2) is 24.3 Å². The van der Waals surface area contributed by atoms with Crippen molar-refractivity contribution in [3.8, 4) is 0 Å². The predicted octanol–water partition coefficient (Wildman–Crippen LogP) is 3.39. The third-order valence-electron chi connectivity index (χ3n) is 5.88. The highest BCUT2D eigenvalue weighted by Crippen LogP contribution is 2.58. The fraction of sp³-hybridized carbons (Fsp3) is 0.611. The van der Waals surface area contributed by atoms with Crippen LogP contribution in [-0.2, 0) is 11.0 Å². The van der Waals surface area contributed by atoms with Crippen molar-refractivity contribution in [3.63, 3.8) is 0 Å². The molecule has 0 bridgehead atoms. The second-order valence-corrected chi connectivity index (χ2v) is 7.30. The number of benzene rings is 1. The Bertz CT molecular complexity index is 633. The standard InChI is InChI=1S/C18H20F3NO2/c19-18(20,21)11-6-4-10(5-7-11)15-8-12(23)9-22(15)17(24)16-13-2-1-3-14(13)16/h4-7,12-16,23H,1-3,8-9H2/t12-,13-,14+,15+,16?/m0/s1. The number of aliphatic hydroxyl groups excluding tert-OH is 1. The first kappa shape index (κ1) is 15.9. The van der Waals surface area contributed by atoms with Gasteiger partial charge in [-0.05, 0) is 48.8 Å². The second kappa shape index (κ2) is 5.48. The van der Waals surface area contributed by atoms with Gasteiger partial charge in [0.1, 0.15) is 0 Å². The van der Waals surface area contributed by atoms with Crippen LogP contribution in [0.25, 0.3) is 0 Å². The molecule has 3 nitrogen and oxygen atoms in total. The van der Waals surface area contributed by atoms with Gasteiger partial charge in [-0.2, -0.15) is 13.2 Å². The summed E-state index contributed by atoms with van der Waals surface area (Å²) in [5.41, 5.74) is -0.0295. The summed E-state index contributed by atoms with van der Waals surface area (Å²) < 4.78 is 38.1. The van der Waals surface area contributed by atoms with Crippen molar-refractivity contribution in [3.05, 3.63) is 35.4 Å². The van der Waals surface area contributed by atoms with Gasteiger partial charge < -0.3 is 10.0 Å². The molecule has 1 aromatic carbocycles. The molecule has 3 aliphatic rings. The molecule has 0 aromatic heterocycles. The van der Waals surface area contributed by atoms with E-state index < -0.39 is 17.8 Å². The Kier molecular flexibility index (Phi) is 3.64. The average Bonchev–Trinajstić information content (AvgIpc) is 2.87. The Morgan fingerprint density at radius 2 is 1.75 bits per heavy atom. The number of aliphatic hydroxyl groups is 1. The van der Waals surface area contributed by atoms with Gasteiger partial charge in [0.2, 0.25) is 5.91 Å². The van der Waals surface area contributed by atoms with E-state index in [-0.39, 0.29) is 24.4 Å². The predicted molar refractivity (Wildman–Crippen MR) is 80.8 cm³/mol. The molecule has 1 aromatic rings. The minimum Gasteiger partial charge on any atom is -0.391 e. The van der Waals surface area contributed by atoms with Crippen LogP contribution in [0.2, 0.25) is 0 Å². The van der Waals surface area contributed by atoms with Crippen LogP contribution in [0, 0.1) is 17.8 Å². The zero-order valence-corrected chi connectivity index (χ0v) is 13.2. The van der Waals surface area contributed by atoms with Gasteiger partial charge in [-0.3, -0.25) is 4.79 Å². The number of alkyl halides is 3. The van der Waals surface area contributed by atoms with Crippen LogP contribution >= 0.6 is 0 Å². The highest BCUT2D eigenvalue weighted by atomic mass is 19.4. The molecule has 3 fully saturated rings. The maximum atomic E-state index is 12.8. The average molecular weight is 339 g/mol. The molecule has 2 aliphatic carbocycles. The molecule has 130 valence electrons. The van der Waals surface area contributed by atoms with Crippen LogP contribution in [0.5, 0.6) is 0 Å². The lowest BCUT2D eigenvalue weighted by atomic mass is 10.0. The Morgan fingerprint density at radius 1 is 1.12 bits per heavy atom. The van der Waals surface area contributed by atoms with E-state index in [1.54, 1.807) is 4.90 Å². The van der Waals surface area contributed by atoms with E-state index in [1.807, 2.05) is 0 Å². The van der Waals surface area contributed by atoms with Crippen molar-refractivity contribution in [2.45, 2.75) is 44.0 Å². The highest BCUT2D eigenvalue weighted by molar-refractivity contribution is 5.83. The number of β-amino-alcohol motifs (C(OH)–C–C–N with tert-alkyl or cyclic N) is 1. The molecular formula is C18H20F3NO2. The second-order valence-electron chi connectivity index (χ2n) is 7.30. The van der Waals surface area contributed by atoms with Crippen LogP contribution < -0.4 is 0 Å². The fourth-order valence-electron chi connectivity index (χ4n) is 4.65. The zero-order chi connectivity index (χ0) is 17.1. The van der Waals surface area contributed by atoms with Crippen molar-refractivity contribution in [2.75, 3.05) is 6.54 Å². The van der Waals surface area contributed by atoms with Gasteiger partial charge in [-0.1, -0.05) is 18.6 Å². The lowest BCUT2D eigenvalue weighted by molar-refractivity contribution is -0.138. The summed E-state index contributed by atoms with van der Waals surface area (Å²) in [7, 11) is 0. The molecule has 5 atom stereocenters. The Labute approximate surface area is 138 Å². The molecule has 1 saturated heterocycles. The van der Waals surface area contributed by atoms with Gasteiger partial charge in [0.15, 0.2) is 0 Å². The monoisotopic (exact) mass is 339 g/mol. The van der Waals surface area contributed by atoms with Crippen molar-refractivity contribution >= 4 is 5.91 Å². The third-order valence-corrected chi connectivity index (χ3v) is 5.88. The lowest BCUT2D eigenvalue weighted by Gasteiger charge is -2.26. The molecule has 0 radical (unpaired) electrons. The zero-order valence-electron chi connectivity index (χ0n) is 13.2. The maximum absolute atomic E-state index is 12.8. The summed E-state index contributed by atoms with van der Waals surface area (Å²) >= 11 is 0. The molecule has 6 heteroatoms. The van der Waals surface area contributed by atoms with Crippen LogP contribution in [-0.4, -0.2) is 28.6 Å². The largest absolute Gasteiger partial charge is 0.416 e. The molecule has 0 spiro atoms. The van der Waals surface area contributed by atoms with Crippen molar-refractivity contribution in [1.29, 1.82) is 0 Å². The topological polar surface area (TPSA) is 40.5 Å². The Morgan fingerprint density at radius 3 is 2.33 bits per heavy atom. The minimum absolute atomic E-state index is 0.0704. The van der Waals surface area contributed by atoms with E-state index in [0.717, 1.165) is 25.0 Å². The summed E-state index contributed by atoms with van der Waals surface area (Å²) in [6.45, 7) is 0.278. The maximum Gasteiger partial charge on any atom is 0.416 e. The van der Waals surface area contributed by atoms with Crippen molar-refractivity contribution in [1.82, 2.24) is 4.90 Å². The number of hydrogen-bond donors (Lipinski definition) is 1. The molecule has 24 heavy (non-hydrogen) atoms. The van der Waals surface area contributed by atoms with Crippen molar-refractivity contribution < 1.29 is 23.1 Å². The lowest BCUT2D eigenvalue weighted by Crippen LogP contribution is -2.34. The number of nitrogens with zero attached hydrogens (tertiary/aromatic N) is 1. The normalized spacial score (nSPS) is 35.2. The molecule has 1 N–H and O–H groups in total. The summed E-state index contributed by atoms with van der Waals surface area (Å²) in [5.74, 6) is 1.12. The van der Waals surface area contributed by atoms with Gasteiger partial charge in [0.25, 0.3) is 0 Å². The van der Waals surface area contributed by atoms with E-state index in [4.69, 9.17) is 0 Å². The van der Waals surface area contributed by atoms with E-state index in [2.05, 4.69) is 0 Å². The Balaban J connectivity index is 1.53. The van der Waals surface area contributed by atoms with Gasteiger partial charge in [-0.25, -0.2) is 0 Å². The number of carbonyl (C=O) groups is 1. The summed E-state index contributed by atoms with van der Waals surface area (Å²) in [6.07, 6.45) is -1.21. The first-order valence-corrected chi connectivity index (χ1v) is 8.52.